The quantitative estimate of drug-likeness (QED) is 0.703. The summed E-state index contributed by atoms with van der Waals surface area (Å²) >= 11 is 0. The third-order valence-electron chi connectivity index (χ3n) is 4.07. The zero-order valence-electron chi connectivity index (χ0n) is 15.4. The number of nitriles is 1. The number of amides is 3. The molecule has 2 aromatic rings. The molecule has 0 fully saturated rings. The fourth-order valence-electron chi connectivity index (χ4n) is 2.63. The lowest BCUT2D eigenvalue weighted by atomic mass is 10.2. The zero-order valence-corrected chi connectivity index (χ0v) is 15.4. The molecule has 1 aliphatic rings. The lowest BCUT2D eigenvalue weighted by Crippen LogP contribution is -2.46. The number of benzene rings is 2. The van der Waals surface area contributed by atoms with Gasteiger partial charge in [0.05, 0.1) is 17.3 Å². The number of ether oxygens (including phenoxy) is 2. The van der Waals surface area contributed by atoms with E-state index in [1.54, 1.807) is 48.5 Å². The molecular weight excluding hydrogens is 376 g/mol. The number of hydrogen-bond acceptors (Lipinski definition) is 6. The zero-order chi connectivity index (χ0) is 20.6. The molecule has 0 radical (unpaired) electrons. The molecular formula is C20H18N4O5. The van der Waals surface area contributed by atoms with Crippen LogP contribution in [0.25, 0.3) is 0 Å². The highest BCUT2D eigenvalue weighted by atomic mass is 16.5. The number of hydrogen-bond donors (Lipinski definition) is 2. The molecule has 2 N–H and O–H groups in total. The Morgan fingerprint density at radius 1 is 1.10 bits per heavy atom. The lowest BCUT2D eigenvalue weighted by Gasteiger charge is -2.29. The molecule has 148 valence electrons. The molecule has 1 aliphatic heterocycles. The first-order chi connectivity index (χ1) is 14.1. The fourth-order valence-corrected chi connectivity index (χ4v) is 2.63. The number of fused-ring (bicyclic) bond motifs is 1. The van der Waals surface area contributed by atoms with Crippen LogP contribution in [0.1, 0.15) is 12.0 Å². The molecule has 0 aliphatic carbocycles. The van der Waals surface area contributed by atoms with Crippen LogP contribution in [0.5, 0.6) is 11.5 Å². The van der Waals surface area contributed by atoms with Gasteiger partial charge in [-0.25, -0.2) is 0 Å². The number of para-hydroxylation sites is 2. The number of rotatable bonds is 6. The number of nitrogens with one attached hydrogen (secondary N) is 2. The second kappa shape index (κ2) is 9.23. The van der Waals surface area contributed by atoms with Crippen molar-refractivity contribution in [2.75, 3.05) is 24.7 Å². The van der Waals surface area contributed by atoms with E-state index in [9.17, 15) is 14.4 Å². The van der Waals surface area contributed by atoms with Crippen LogP contribution in [-0.2, 0) is 14.4 Å². The predicted octanol–water partition coefficient (Wildman–Crippen LogP) is 0.900. The first-order valence-corrected chi connectivity index (χ1v) is 8.79. The van der Waals surface area contributed by atoms with Crippen LogP contribution in [0.15, 0.2) is 48.5 Å². The summed E-state index contributed by atoms with van der Waals surface area (Å²) in [5.74, 6) is -0.226. The predicted molar refractivity (Wildman–Crippen MR) is 102 cm³/mol. The molecule has 9 nitrogen and oxygen atoms in total. The summed E-state index contributed by atoms with van der Waals surface area (Å²) < 4.78 is 10.6. The van der Waals surface area contributed by atoms with E-state index in [4.69, 9.17) is 14.7 Å². The monoisotopic (exact) mass is 394 g/mol. The van der Waals surface area contributed by atoms with Gasteiger partial charge in [-0.05, 0) is 36.4 Å². The largest absolute Gasteiger partial charge is 0.484 e. The molecule has 9 heteroatoms. The summed E-state index contributed by atoms with van der Waals surface area (Å²) in [6, 6.07) is 15.3. The summed E-state index contributed by atoms with van der Waals surface area (Å²) in [4.78, 5) is 37.3. The van der Waals surface area contributed by atoms with Gasteiger partial charge in [-0.1, -0.05) is 12.1 Å². The Morgan fingerprint density at radius 2 is 1.83 bits per heavy atom. The molecule has 0 spiro atoms. The smallest absolute Gasteiger partial charge is 0.276 e. The van der Waals surface area contributed by atoms with E-state index in [-0.39, 0.29) is 32.1 Å². The van der Waals surface area contributed by atoms with Crippen LogP contribution in [-0.4, -0.2) is 37.5 Å². The van der Waals surface area contributed by atoms with E-state index in [0.717, 1.165) is 0 Å². The van der Waals surface area contributed by atoms with Crippen molar-refractivity contribution in [1.82, 2.24) is 10.9 Å². The van der Waals surface area contributed by atoms with Crippen molar-refractivity contribution in [2.45, 2.75) is 6.42 Å². The Hall–Kier alpha value is -4.06. The van der Waals surface area contributed by atoms with Crippen molar-refractivity contribution in [1.29, 1.82) is 5.26 Å². The Bertz CT molecular complexity index is 952. The maximum atomic E-state index is 12.1. The van der Waals surface area contributed by atoms with Crippen molar-refractivity contribution in [3.05, 3.63) is 54.1 Å². The molecule has 0 aromatic heterocycles. The topological polar surface area (TPSA) is 121 Å². The van der Waals surface area contributed by atoms with Crippen molar-refractivity contribution in [3.8, 4) is 17.6 Å². The Labute approximate surface area is 166 Å². The molecule has 0 saturated heterocycles. The Balaban J connectivity index is 1.41. The van der Waals surface area contributed by atoms with E-state index in [0.29, 0.717) is 22.7 Å². The average molecular weight is 394 g/mol. The van der Waals surface area contributed by atoms with E-state index >= 15 is 0 Å². The molecule has 3 rings (SSSR count). The van der Waals surface area contributed by atoms with Gasteiger partial charge in [-0.3, -0.25) is 25.2 Å². The SMILES string of the molecule is N#Cc1ccc(OCC(=O)NNC(=O)CCN2C(=O)COc3ccccc32)cc1. The molecule has 3 amide bonds. The lowest BCUT2D eigenvalue weighted by molar-refractivity contribution is -0.130. The second-order valence-corrected chi connectivity index (χ2v) is 6.07. The van der Waals surface area contributed by atoms with Gasteiger partial charge in [-0.2, -0.15) is 5.26 Å². The van der Waals surface area contributed by atoms with E-state index in [1.807, 2.05) is 6.07 Å². The van der Waals surface area contributed by atoms with Gasteiger partial charge in [-0.15, -0.1) is 0 Å². The van der Waals surface area contributed by atoms with Crippen molar-refractivity contribution >= 4 is 23.4 Å². The van der Waals surface area contributed by atoms with Crippen molar-refractivity contribution < 1.29 is 23.9 Å². The minimum atomic E-state index is -0.546. The molecule has 29 heavy (non-hydrogen) atoms. The van der Waals surface area contributed by atoms with Gasteiger partial charge in [0, 0.05) is 13.0 Å². The molecule has 0 bridgehead atoms. The van der Waals surface area contributed by atoms with Gasteiger partial charge in [0.1, 0.15) is 11.5 Å². The number of nitrogens with zero attached hydrogens (tertiary/aromatic N) is 2. The van der Waals surface area contributed by atoms with Gasteiger partial charge in [0.2, 0.25) is 5.91 Å². The number of carbonyl (C=O) groups excluding carboxylic acids is 3. The minimum absolute atomic E-state index is 0.00314. The Kier molecular flexibility index (Phi) is 6.27. The summed E-state index contributed by atoms with van der Waals surface area (Å²) in [5.41, 5.74) is 5.62. The minimum Gasteiger partial charge on any atom is -0.484 e. The van der Waals surface area contributed by atoms with Crippen molar-refractivity contribution in [3.63, 3.8) is 0 Å². The first-order valence-electron chi connectivity index (χ1n) is 8.79. The highest BCUT2D eigenvalue weighted by molar-refractivity contribution is 5.98. The van der Waals surface area contributed by atoms with Gasteiger partial charge >= 0.3 is 0 Å². The highest BCUT2D eigenvalue weighted by Crippen LogP contribution is 2.31. The van der Waals surface area contributed by atoms with Crippen molar-refractivity contribution in [2.24, 2.45) is 0 Å². The van der Waals surface area contributed by atoms with Gasteiger partial charge < -0.3 is 14.4 Å². The molecule has 2 aromatic carbocycles. The van der Waals surface area contributed by atoms with Crippen LogP contribution in [0.3, 0.4) is 0 Å². The van der Waals surface area contributed by atoms with Gasteiger partial charge in [0.15, 0.2) is 13.2 Å². The standard InChI is InChI=1S/C20H18N4O5/c21-11-14-5-7-15(8-6-14)28-12-19(26)23-22-18(25)9-10-24-16-3-1-2-4-17(16)29-13-20(24)27/h1-8H,9-10,12-13H2,(H,22,25)(H,23,26). The summed E-state index contributed by atoms with van der Waals surface area (Å²) in [7, 11) is 0. The number of anilines is 1. The molecule has 0 saturated carbocycles. The maximum absolute atomic E-state index is 12.1. The summed E-state index contributed by atoms with van der Waals surface area (Å²) in [5, 5.41) is 8.74. The van der Waals surface area contributed by atoms with Crippen LogP contribution < -0.4 is 25.2 Å². The first kappa shape index (κ1) is 19.7. The average Bonchev–Trinajstić information content (AvgIpc) is 2.76. The highest BCUT2D eigenvalue weighted by Gasteiger charge is 2.25. The second-order valence-electron chi connectivity index (χ2n) is 6.07. The van der Waals surface area contributed by atoms with Crippen LogP contribution in [0.4, 0.5) is 5.69 Å². The number of carbonyl (C=O) groups is 3. The number of hydrazine groups is 1. The molecule has 0 unspecified atom stereocenters. The normalized spacial score (nSPS) is 12.2. The molecule has 1 heterocycles. The van der Waals surface area contributed by atoms with E-state index < -0.39 is 11.8 Å². The van der Waals surface area contributed by atoms with Gasteiger partial charge in [0.25, 0.3) is 11.8 Å². The Morgan fingerprint density at radius 3 is 2.59 bits per heavy atom. The van der Waals surface area contributed by atoms with Crippen LogP contribution >= 0.6 is 0 Å². The van der Waals surface area contributed by atoms with E-state index in [2.05, 4.69) is 10.9 Å². The summed E-state index contributed by atoms with van der Waals surface area (Å²) in [6.07, 6.45) is -0.00314. The van der Waals surface area contributed by atoms with Crippen LogP contribution in [0.2, 0.25) is 0 Å². The summed E-state index contributed by atoms with van der Waals surface area (Å²) in [6.45, 7) is -0.230. The third kappa shape index (κ3) is 5.23. The maximum Gasteiger partial charge on any atom is 0.276 e. The van der Waals surface area contributed by atoms with E-state index in [1.165, 1.54) is 4.90 Å². The van der Waals surface area contributed by atoms with Crippen LogP contribution in [0, 0.1) is 11.3 Å². The molecule has 0 atom stereocenters. The fraction of sp³-hybridized carbons (Fsp3) is 0.200. The third-order valence-corrected chi connectivity index (χ3v) is 4.07.